The molecule has 0 unspecified atom stereocenters. The normalized spacial score (nSPS) is 25.6. The first-order chi connectivity index (χ1) is 8.20. The van der Waals surface area contributed by atoms with Gasteiger partial charge in [-0.3, -0.25) is 0 Å². The van der Waals surface area contributed by atoms with E-state index in [0.29, 0.717) is 6.61 Å². The quantitative estimate of drug-likeness (QED) is 0.631. The van der Waals surface area contributed by atoms with Crippen LogP contribution in [0.25, 0.3) is 0 Å². The highest BCUT2D eigenvalue weighted by atomic mass is 16.5. The molecule has 3 heteroatoms. The van der Waals surface area contributed by atoms with E-state index >= 15 is 0 Å². The molecule has 0 radical (unpaired) electrons. The van der Waals surface area contributed by atoms with E-state index in [9.17, 15) is 0 Å². The lowest BCUT2D eigenvalue weighted by atomic mass is 10.0. The number of nitrogens with zero attached hydrogens (tertiary/aromatic N) is 1. The number of methoxy groups -OCH3 is 1. The third-order valence-electron chi connectivity index (χ3n) is 3.72. The summed E-state index contributed by atoms with van der Waals surface area (Å²) in [4.78, 5) is 2.50. The molecule has 1 rings (SSSR count). The molecule has 1 heterocycles. The van der Waals surface area contributed by atoms with Crippen LogP contribution < -0.4 is 5.73 Å². The Morgan fingerprint density at radius 2 is 1.88 bits per heavy atom. The van der Waals surface area contributed by atoms with Gasteiger partial charge in [0.05, 0.1) is 12.1 Å². The van der Waals surface area contributed by atoms with E-state index in [1.807, 2.05) is 0 Å². The van der Waals surface area contributed by atoms with Gasteiger partial charge in [0.15, 0.2) is 0 Å². The molecule has 0 aliphatic carbocycles. The number of likely N-dealkylation sites (tertiary alicyclic amines) is 1. The predicted molar refractivity (Wildman–Crippen MR) is 73.2 cm³/mol. The first-order valence-electron chi connectivity index (χ1n) is 7.20. The molecule has 0 bridgehead atoms. The van der Waals surface area contributed by atoms with Crippen LogP contribution in [0.4, 0.5) is 0 Å². The summed E-state index contributed by atoms with van der Waals surface area (Å²) in [6.45, 7) is 6.33. The minimum Gasteiger partial charge on any atom is -0.383 e. The van der Waals surface area contributed by atoms with Crippen LogP contribution in [0.5, 0.6) is 0 Å². The Bertz CT molecular complexity index is 199. The average molecular weight is 242 g/mol. The summed E-state index contributed by atoms with van der Waals surface area (Å²) in [5.74, 6) is 0. The summed E-state index contributed by atoms with van der Waals surface area (Å²) in [6, 6.07) is 0. The molecule has 102 valence electrons. The molecule has 2 N–H and O–H groups in total. The van der Waals surface area contributed by atoms with Crippen LogP contribution in [-0.4, -0.2) is 43.8 Å². The Kier molecular flexibility index (Phi) is 7.09. The molecule has 1 atom stereocenters. The Balaban J connectivity index is 2.02. The van der Waals surface area contributed by atoms with Crippen molar-refractivity contribution in [1.82, 2.24) is 4.90 Å². The second-order valence-corrected chi connectivity index (χ2v) is 5.59. The van der Waals surface area contributed by atoms with E-state index in [-0.39, 0.29) is 5.54 Å². The molecule has 0 aromatic heterocycles. The molecule has 0 aromatic rings. The molecule has 1 saturated heterocycles. The van der Waals surface area contributed by atoms with Crippen LogP contribution in [0.15, 0.2) is 0 Å². The smallest absolute Gasteiger partial charge is 0.0655 e. The summed E-state index contributed by atoms with van der Waals surface area (Å²) in [6.07, 6.45) is 9.30. The number of hydrogen-bond acceptors (Lipinski definition) is 3. The fourth-order valence-electron chi connectivity index (χ4n) is 2.70. The minimum absolute atomic E-state index is 0.0863. The zero-order valence-corrected chi connectivity index (χ0v) is 11.7. The van der Waals surface area contributed by atoms with E-state index in [0.717, 1.165) is 19.5 Å². The predicted octanol–water partition coefficient (Wildman–Crippen LogP) is 2.40. The maximum absolute atomic E-state index is 6.26. The van der Waals surface area contributed by atoms with E-state index in [1.165, 1.54) is 45.1 Å². The van der Waals surface area contributed by atoms with Crippen molar-refractivity contribution in [2.24, 2.45) is 5.73 Å². The van der Waals surface area contributed by atoms with Gasteiger partial charge in [-0.15, -0.1) is 0 Å². The molecule has 0 amide bonds. The van der Waals surface area contributed by atoms with Crippen molar-refractivity contribution in [2.45, 2.75) is 57.4 Å². The molecule has 1 aliphatic heterocycles. The molecule has 1 fully saturated rings. The molecule has 0 aromatic carbocycles. The maximum atomic E-state index is 6.26. The lowest BCUT2D eigenvalue weighted by Gasteiger charge is -2.23. The van der Waals surface area contributed by atoms with Gasteiger partial charge in [-0.1, -0.05) is 39.0 Å². The third-order valence-corrected chi connectivity index (χ3v) is 3.72. The summed E-state index contributed by atoms with van der Waals surface area (Å²) in [5, 5.41) is 0. The van der Waals surface area contributed by atoms with Gasteiger partial charge in [0.25, 0.3) is 0 Å². The zero-order chi connectivity index (χ0) is 12.6. The van der Waals surface area contributed by atoms with Crippen molar-refractivity contribution in [2.75, 3.05) is 33.4 Å². The van der Waals surface area contributed by atoms with E-state index in [2.05, 4.69) is 11.8 Å². The van der Waals surface area contributed by atoms with Crippen molar-refractivity contribution in [3.63, 3.8) is 0 Å². The van der Waals surface area contributed by atoms with Gasteiger partial charge in [-0.2, -0.15) is 0 Å². The second-order valence-electron chi connectivity index (χ2n) is 5.59. The van der Waals surface area contributed by atoms with Gasteiger partial charge in [0, 0.05) is 20.2 Å². The standard InChI is InChI=1S/C14H30N2O/c1-3-4-5-6-7-8-10-16-11-9-14(15,12-16)13-17-2/h3-13,15H2,1-2H3/t14-/m1/s1. The van der Waals surface area contributed by atoms with Crippen LogP contribution in [0.2, 0.25) is 0 Å². The molecule has 3 nitrogen and oxygen atoms in total. The topological polar surface area (TPSA) is 38.5 Å². The fraction of sp³-hybridized carbons (Fsp3) is 1.00. The van der Waals surface area contributed by atoms with Crippen molar-refractivity contribution in [1.29, 1.82) is 0 Å². The summed E-state index contributed by atoms with van der Waals surface area (Å²) >= 11 is 0. The lowest BCUT2D eigenvalue weighted by Crippen LogP contribution is -2.46. The highest BCUT2D eigenvalue weighted by Gasteiger charge is 2.33. The Hall–Kier alpha value is -0.120. The number of nitrogens with two attached hydrogens (primary N) is 1. The van der Waals surface area contributed by atoms with Crippen molar-refractivity contribution in [3.8, 4) is 0 Å². The highest BCUT2D eigenvalue weighted by Crippen LogP contribution is 2.19. The number of ether oxygens (including phenoxy) is 1. The fourth-order valence-corrected chi connectivity index (χ4v) is 2.70. The first-order valence-corrected chi connectivity index (χ1v) is 7.20. The van der Waals surface area contributed by atoms with Crippen LogP contribution in [-0.2, 0) is 4.74 Å². The average Bonchev–Trinajstić information content (AvgIpc) is 2.66. The first kappa shape index (κ1) is 14.9. The minimum atomic E-state index is -0.0863. The van der Waals surface area contributed by atoms with Crippen LogP contribution in [0.1, 0.15) is 51.9 Å². The summed E-state index contributed by atoms with van der Waals surface area (Å²) < 4.78 is 5.20. The van der Waals surface area contributed by atoms with Gasteiger partial charge in [0.2, 0.25) is 0 Å². The third kappa shape index (κ3) is 5.84. The molecule has 0 saturated carbocycles. The number of unbranched alkanes of at least 4 members (excludes halogenated alkanes) is 5. The van der Waals surface area contributed by atoms with Crippen molar-refractivity contribution in [3.05, 3.63) is 0 Å². The van der Waals surface area contributed by atoms with Gasteiger partial charge in [-0.25, -0.2) is 0 Å². The van der Waals surface area contributed by atoms with Crippen LogP contribution >= 0.6 is 0 Å². The summed E-state index contributed by atoms with van der Waals surface area (Å²) in [7, 11) is 1.74. The zero-order valence-electron chi connectivity index (χ0n) is 11.7. The van der Waals surface area contributed by atoms with E-state index in [4.69, 9.17) is 10.5 Å². The molecular formula is C14H30N2O. The van der Waals surface area contributed by atoms with Gasteiger partial charge >= 0.3 is 0 Å². The monoisotopic (exact) mass is 242 g/mol. The molecule has 1 aliphatic rings. The lowest BCUT2D eigenvalue weighted by molar-refractivity contribution is 0.133. The van der Waals surface area contributed by atoms with Gasteiger partial charge in [-0.05, 0) is 19.4 Å². The summed E-state index contributed by atoms with van der Waals surface area (Å²) in [5.41, 5.74) is 6.18. The van der Waals surface area contributed by atoms with E-state index < -0.39 is 0 Å². The molecular weight excluding hydrogens is 212 g/mol. The largest absolute Gasteiger partial charge is 0.383 e. The van der Waals surface area contributed by atoms with Crippen molar-refractivity contribution < 1.29 is 4.74 Å². The van der Waals surface area contributed by atoms with Crippen molar-refractivity contribution >= 4 is 0 Å². The maximum Gasteiger partial charge on any atom is 0.0655 e. The Morgan fingerprint density at radius 1 is 1.18 bits per heavy atom. The highest BCUT2D eigenvalue weighted by molar-refractivity contribution is 4.94. The van der Waals surface area contributed by atoms with E-state index in [1.54, 1.807) is 7.11 Å². The Morgan fingerprint density at radius 3 is 2.59 bits per heavy atom. The van der Waals surface area contributed by atoms with Gasteiger partial charge < -0.3 is 15.4 Å². The second kappa shape index (κ2) is 8.06. The van der Waals surface area contributed by atoms with Gasteiger partial charge in [0.1, 0.15) is 0 Å². The van der Waals surface area contributed by atoms with Crippen LogP contribution in [0, 0.1) is 0 Å². The Labute approximate surface area is 107 Å². The molecule has 17 heavy (non-hydrogen) atoms. The SMILES string of the molecule is CCCCCCCCN1CC[C@](N)(COC)C1. The van der Waals surface area contributed by atoms with Crippen LogP contribution in [0.3, 0.4) is 0 Å². The molecule has 0 spiro atoms. The number of rotatable bonds is 9. The number of hydrogen-bond donors (Lipinski definition) is 1.